The van der Waals surface area contributed by atoms with E-state index >= 15 is 0 Å². The fraction of sp³-hybridized carbons (Fsp3) is 0.348. The second-order valence-corrected chi connectivity index (χ2v) is 7.46. The number of aryl methyl sites for hydroxylation is 1. The van der Waals surface area contributed by atoms with Crippen LogP contribution in [-0.2, 0) is 13.1 Å². The number of nitrogens with zero attached hydrogens (tertiary/aromatic N) is 3. The van der Waals surface area contributed by atoms with Gasteiger partial charge in [-0.1, -0.05) is 42.5 Å². The zero-order valence-electron chi connectivity index (χ0n) is 16.9. The minimum Gasteiger partial charge on any atom is -0.330 e. The van der Waals surface area contributed by atoms with Gasteiger partial charge in [0.25, 0.3) is 0 Å². The SMILES string of the molecule is Cc1ccccc1-n1cc(CN(C)Cc2ccccc2C(CN)CCN)cn1. The zero-order chi connectivity index (χ0) is 19.9. The summed E-state index contributed by atoms with van der Waals surface area (Å²) < 4.78 is 1.96. The Morgan fingerprint density at radius 1 is 1.04 bits per heavy atom. The summed E-state index contributed by atoms with van der Waals surface area (Å²) in [4.78, 5) is 2.31. The molecule has 1 atom stereocenters. The van der Waals surface area contributed by atoms with Gasteiger partial charge in [0.15, 0.2) is 0 Å². The lowest BCUT2D eigenvalue weighted by Crippen LogP contribution is -2.21. The minimum atomic E-state index is 0.318. The smallest absolute Gasteiger partial charge is 0.0674 e. The predicted molar refractivity (Wildman–Crippen MR) is 115 cm³/mol. The van der Waals surface area contributed by atoms with Crippen LogP contribution in [0.3, 0.4) is 0 Å². The molecule has 0 spiro atoms. The van der Waals surface area contributed by atoms with Crippen molar-refractivity contribution in [2.45, 2.75) is 32.4 Å². The first-order valence-corrected chi connectivity index (χ1v) is 9.88. The summed E-state index contributed by atoms with van der Waals surface area (Å²) in [5, 5.41) is 4.55. The number of benzene rings is 2. The van der Waals surface area contributed by atoms with Crippen molar-refractivity contribution < 1.29 is 0 Å². The van der Waals surface area contributed by atoms with Crippen LogP contribution in [0, 0.1) is 6.92 Å². The number of aromatic nitrogens is 2. The lowest BCUT2D eigenvalue weighted by atomic mass is 9.91. The summed E-state index contributed by atoms with van der Waals surface area (Å²) in [6.45, 7) is 5.09. The van der Waals surface area contributed by atoms with E-state index in [-0.39, 0.29) is 0 Å². The first-order valence-electron chi connectivity index (χ1n) is 9.88. The molecule has 5 nitrogen and oxygen atoms in total. The standard InChI is InChI=1S/C23H31N5/c1-18-7-3-6-10-23(18)28-16-19(14-26-28)15-27(2)17-21-8-4-5-9-22(21)20(13-25)11-12-24/h3-10,14,16,20H,11-13,15,17,24-25H2,1-2H3. The molecule has 0 amide bonds. The molecule has 0 fully saturated rings. The summed E-state index contributed by atoms with van der Waals surface area (Å²) in [5.41, 5.74) is 18.0. The van der Waals surface area contributed by atoms with Crippen LogP contribution in [-0.4, -0.2) is 34.8 Å². The Morgan fingerprint density at radius 2 is 1.79 bits per heavy atom. The molecule has 1 aromatic heterocycles. The third kappa shape index (κ3) is 4.87. The highest BCUT2D eigenvalue weighted by atomic mass is 15.3. The first-order chi connectivity index (χ1) is 13.6. The molecule has 0 aliphatic heterocycles. The largest absolute Gasteiger partial charge is 0.330 e. The maximum Gasteiger partial charge on any atom is 0.0674 e. The van der Waals surface area contributed by atoms with Gasteiger partial charge < -0.3 is 11.5 Å². The molecule has 4 N–H and O–H groups in total. The van der Waals surface area contributed by atoms with Crippen molar-refractivity contribution in [3.05, 3.63) is 83.2 Å². The predicted octanol–water partition coefficient (Wildman–Crippen LogP) is 3.20. The average Bonchev–Trinajstić information content (AvgIpc) is 3.15. The zero-order valence-corrected chi connectivity index (χ0v) is 16.9. The maximum absolute atomic E-state index is 6.00. The Labute approximate surface area is 168 Å². The van der Waals surface area contributed by atoms with Crippen LogP contribution in [0.25, 0.3) is 5.69 Å². The topological polar surface area (TPSA) is 73.1 Å². The summed E-state index contributed by atoms with van der Waals surface area (Å²) >= 11 is 0. The number of para-hydroxylation sites is 1. The summed E-state index contributed by atoms with van der Waals surface area (Å²) in [6.07, 6.45) is 4.98. The average molecular weight is 378 g/mol. The molecule has 3 aromatic rings. The molecule has 0 bridgehead atoms. The van der Waals surface area contributed by atoms with Crippen LogP contribution in [0.15, 0.2) is 60.9 Å². The Morgan fingerprint density at radius 3 is 2.54 bits per heavy atom. The first kappa shape index (κ1) is 20.3. The normalized spacial score (nSPS) is 12.5. The Hall–Kier alpha value is -2.47. The van der Waals surface area contributed by atoms with Gasteiger partial charge in [0.1, 0.15) is 0 Å². The van der Waals surface area contributed by atoms with Crippen LogP contribution in [0.1, 0.15) is 34.6 Å². The van der Waals surface area contributed by atoms with Gasteiger partial charge in [0, 0.05) is 24.8 Å². The molecule has 0 saturated carbocycles. The van der Waals surface area contributed by atoms with Crippen LogP contribution >= 0.6 is 0 Å². The molecular formula is C23H31N5. The van der Waals surface area contributed by atoms with Crippen molar-refractivity contribution in [3.63, 3.8) is 0 Å². The second-order valence-electron chi connectivity index (χ2n) is 7.46. The van der Waals surface area contributed by atoms with Gasteiger partial charge in [-0.15, -0.1) is 0 Å². The molecule has 0 aliphatic rings. The van der Waals surface area contributed by atoms with E-state index in [0.29, 0.717) is 19.0 Å². The van der Waals surface area contributed by atoms with Gasteiger partial charge in [0.2, 0.25) is 0 Å². The van der Waals surface area contributed by atoms with Gasteiger partial charge in [-0.3, -0.25) is 4.90 Å². The fourth-order valence-corrected chi connectivity index (χ4v) is 3.73. The molecule has 3 rings (SSSR count). The fourth-order valence-electron chi connectivity index (χ4n) is 3.73. The molecule has 0 saturated heterocycles. The monoisotopic (exact) mass is 377 g/mol. The van der Waals surface area contributed by atoms with Crippen molar-refractivity contribution in [2.24, 2.45) is 11.5 Å². The van der Waals surface area contributed by atoms with E-state index in [4.69, 9.17) is 11.5 Å². The van der Waals surface area contributed by atoms with Crippen molar-refractivity contribution in [3.8, 4) is 5.69 Å². The molecular weight excluding hydrogens is 346 g/mol. The molecule has 1 heterocycles. The van der Waals surface area contributed by atoms with Crippen molar-refractivity contribution in [1.29, 1.82) is 0 Å². The van der Waals surface area contributed by atoms with E-state index in [0.717, 1.165) is 25.2 Å². The maximum atomic E-state index is 6.00. The highest BCUT2D eigenvalue weighted by Gasteiger charge is 2.14. The van der Waals surface area contributed by atoms with Crippen LogP contribution in [0.5, 0.6) is 0 Å². The molecule has 0 radical (unpaired) electrons. The molecule has 5 heteroatoms. The molecule has 148 valence electrons. The third-order valence-electron chi connectivity index (χ3n) is 5.19. The molecule has 1 unspecified atom stereocenters. The number of hydrogen-bond acceptors (Lipinski definition) is 4. The van der Waals surface area contributed by atoms with E-state index in [9.17, 15) is 0 Å². The van der Waals surface area contributed by atoms with Crippen molar-refractivity contribution >= 4 is 0 Å². The van der Waals surface area contributed by atoms with Crippen molar-refractivity contribution in [2.75, 3.05) is 20.1 Å². The van der Waals surface area contributed by atoms with Crippen LogP contribution in [0.2, 0.25) is 0 Å². The van der Waals surface area contributed by atoms with Crippen LogP contribution < -0.4 is 11.5 Å². The lowest BCUT2D eigenvalue weighted by Gasteiger charge is -2.22. The van der Waals surface area contributed by atoms with E-state index in [1.165, 1.54) is 22.3 Å². The second kappa shape index (κ2) is 9.64. The molecule has 28 heavy (non-hydrogen) atoms. The molecule has 0 aliphatic carbocycles. The quantitative estimate of drug-likeness (QED) is 0.601. The Bertz CT molecular complexity index is 886. The summed E-state index contributed by atoms with van der Waals surface area (Å²) in [6, 6.07) is 16.9. The van der Waals surface area contributed by atoms with E-state index in [2.05, 4.69) is 66.6 Å². The highest BCUT2D eigenvalue weighted by Crippen LogP contribution is 2.23. The third-order valence-corrected chi connectivity index (χ3v) is 5.19. The van der Waals surface area contributed by atoms with Gasteiger partial charge in [-0.2, -0.15) is 5.10 Å². The van der Waals surface area contributed by atoms with Gasteiger partial charge in [-0.25, -0.2) is 4.68 Å². The number of rotatable bonds is 9. The summed E-state index contributed by atoms with van der Waals surface area (Å²) in [5.74, 6) is 0.318. The van der Waals surface area contributed by atoms with Gasteiger partial charge in [0.05, 0.1) is 11.9 Å². The Kier molecular flexibility index (Phi) is 6.98. The van der Waals surface area contributed by atoms with Gasteiger partial charge >= 0.3 is 0 Å². The van der Waals surface area contributed by atoms with Crippen molar-refractivity contribution in [1.82, 2.24) is 14.7 Å². The van der Waals surface area contributed by atoms with E-state index in [1.807, 2.05) is 23.0 Å². The van der Waals surface area contributed by atoms with Gasteiger partial charge in [-0.05, 0) is 62.2 Å². The van der Waals surface area contributed by atoms with E-state index < -0.39 is 0 Å². The van der Waals surface area contributed by atoms with Crippen LogP contribution in [0.4, 0.5) is 0 Å². The number of nitrogens with two attached hydrogens (primary N) is 2. The Balaban J connectivity index is 1.70. The summed E-state index contributed by atoms with van der Waals surface area (Å²) in [7, 11) is 2.14. The van der Waals surface area contributed by atoms with E-state index in [1.54, 1.807) is 0 Å². The minimum absolute atomic E-state index is 0.318. The number of hydrogen-bond donors (Lipinski definition) is 2. The highest BCUT2D eigenvalue weighted by molar-refractivity contribution is 5.39. The lowest BCUT2D eigenvalue weighted by molar-refractivity contribution is 0.317. The molecule has 2 aromatic carbocycles.